The van der Waals surface area contributed by atoms with E-state index in [1.165, 1.54) is 41.4 Å². The van der Waals surface area contributed by atoms with Gasteiger partial charge in [-0.2, -0.15) is 5.26 Å². The van der Waals surface area contributed by atoms with Gasteiger partial charge in [0.05, 0.1) is 17.1 Å². The molecule has 0 aliphatic rings. The van der Waals surface area contributed by atoms with E-state index in [9.17, 15) is 5.26 Å². The van der Waals surface area contributed by atoms with E-state index in [4.69, 9.17) is 0 Å². The number of thiophene rings is 2. The van der Waals surface area contributed by atoms with Crippen LogP contribution in [-0.2, 0) is 10.8 Å². The molecular weight excluding hydrogens is 489 g/mol. The first-order valence-electron chi connectivity index (χ1n) is 13.3. The number of rotatable bonds is 7. The van der Waals surface area contributed by atoms with Gasteiger partial charge < -0.3 is 4.57 Å². The summed E-state index contributed by atoms with van der Waals surface area (Å²) in [5.41, 5.74) is 5.12. The number of hydrogen-bond donors (Lipinski definition) is 0. The number of aromatic nitrogens is 1. The van der Waals surface area contributed by atoms with E-state index in [1.807, 2.05) is 29.6 Å². The Bertz CT molecular complexity index is 1630. The molecule has 2 aromatic carbocycles. The highest BCUT2D eigenvalue weighted by Crippen LogP contribution is 2.43. The second kappa shape index (κ2) is 9.46. The minimum absolute atomic E-state index is 0.0951. The third kappa shape index (κ3) is 4.43. The first-order valence-corrected chi connectivity index (χ1v) is 14.9. The summed E-state index contributed by atoms with van der Waals surface area (Å²) in [5, 5.41) is 12.4. The third-order valence-electron chi connectivity index (χ3n) is 8.33. The number of fused-ring (bicyclic) bond motifs is 3. The molecular formula is C33H36N2S2. The molecule has 1 atom stereocenters. The Morgan fingerprint density at radius 2 is 1.35 bits per heavy atom. The molecule has 0 saturated carbocycles. The lowest BCUT2D eigenvalue weighted by atomic mass is 9.82. The molecule has 3 heterocycles. The Kier molecular flexibility index (Phi) is 6.59. The van der Waals surface area contributed by atoms with Gasteiger partial charge >= 0.3 is 0 Å². The summed E-state index contributed by atoms with van der Waals surface area (Å²) in [6.07, 6.45) is 2.20. The van der Waals surface area contributed by atoms with Crippen LogP contribution in [0.3, 0.4) is 0 Å². The van der Waals surface area contributed by atoms with Crippen LogP contribution in [0, 0.1) is 11.3 Å². The van der Waals surface area contributed by atoms with E-state index in [0.29, 0.717) is 0 Å². The van der Waals surface area contributed by atoms with Gasteiger partial charge in [0.25, 0.3) is 0 Å². The fourth-order valence-corrected chi connectivity index (χ4v) is 7.21. The zero-order valence-corrected chi connectivity index (χ0v) is 24.6. The van der Waals surface area contributed by atoms with E-state index in [2.05, 4.69) is 113 Å². The lowest BCUT2D eigenvalue weighted by molar-refractivity contribution is 0.506. The molecule has 37 heavy (non-hydrogen) atoms. The van der Waals surface area contributed by atoms with Crippen LogP contribution in [0.1, 0.15) is 77.8 Å². The molecule has 0 spiro atoms. The molecule has 3 aromatic heterocycles. The van der Waals surface area contributed by atoms with Gasteiger partial charge in [-0.05, 0) is 78.1 Å². The van der Waals surface area contributed by atoms with Crippen LogP contribution >= 0.6 is 22.7 Å². The summed E-state index contributed by atoms with van der Waals surface area (Å²) >= 11 is 3.77. The van der Waals surface area contributed by atoms with Crippen molar-refractivity contribution in [1.82, 2.24) is 4.57 Å². The van der Waals surface area contributed by atoms with Gasteiger partial charge in [-0.25, -0.2) is 0 Å². The molecule has 0 N–H and O–H groups in total. The fraction of sp³-hybridized carbons (Fsp3) is 0.364. The van der Waals surface area contributed by atoms with Gasteiger partial charge in [-0.3, -0.25) is 0 Å². The predicted octanol–water partition coefficient (Wildman–Crippen LogP) is 10.7. The van der Waals surface area contributed by atoms with Crippen molar-refractivity contribution in [1.29, 1.82) is 5.26 Å². The van der Waals surface area contributed by atoms with Crippen LogP contribution in [0.25, 0.3) is 42.0 Å². The highest BCUT2D eigenvalue weighted by molar-refractivity contribution is 7.24. The summed E-state index contributed by atoms with van der Waals surface area (Å²) in [4.78, 5) is 5.36. The number of nitrogens with zero attached hydrogens (tertiary/aromatic N) is 2. The SMILES string of the molecule is CCC(C)(C)c1ccc2c3ccc(-c4ccc(-c5ccc(C(C)(C)CC)s5)s4)cc3n(C(C)C#N)c2c1. The van der Waals surface area contributed by atoms with E-state index in [-0.39, 0.29) is 16.9 Å². The third-order valence-corrected chi connectivity index (χ3v) is 11.1. The van der Waals surface area contributed by atoms with Crippen LogP contribution in [0.2, 0.25) is 0 Å². The second-order valence-corrected chi connectivity index (χ2v) is 13.6. The average molecular weight is 525 g/mol. The largest absolute Gasteiger partial charge is 0.324 e. The first-order chi connectivity index (χ1) is 17.6. The summed E-state index contributed by atoms with van der Waals surface area (Å²) in [6.45, 7) is 15.7. The highest BCUT2D eigenvalue weighted by atomic mass is 32.1. The Hall–Kier alpha value is -2.87. The van der Waals surface area contributed by atoms with E-state index in [0.717, 1.165) is 23.9 Å². The Morgan fingerprint density at radius 1 is 0.757 bits per heavy atom. The Balaban J connectivity index is 1.61. The molecule has 5 aromatic rings. The quantitative estimate of drug-likeness (QED) is 0.208. The van der Waals surface area contributed by atoms with Crippen LogP contribution in [-0.4, -0.2) is 4.57 Å². The van der Waals surface area contributed by atoms with Gasteiger partial charge in [-0.1, -0.05) is 65.8 Å². The van der Waals surface area contributed by atoms with Crippen molar-refractivity contribution in [3.05, 3.63) is 71.1 Å². The lowest BCUT2D eigenvalue weighted by Gasteiger charge is -2.23. The topological polar surface area (TPSA) is 28.7 Å². The molecule has 0 fully saturated rings. The molecule has 0 aliphatic heterocycles. The maximum atomic E-state index is 9.93. The van der Waals surface area contributed by atoms with Crippen molar-refractivity contribution in [3.63, 3.8) is 0 Å². The monoisotopic (exact) mass is 524 g/mol. The predicted molar refractivity (Wildman–Crippen MR) is 163 cm³/mol. The molecule has 0 radical (unpaired) electrons. The van der Waals surface area contributed by atoms with Crippen molar-refractivity contribution < 1.29 is 0 Å². The van der Waals surface area contributed by atoms with Crippen LogP contribution in [0.15, 0.2) is 60.7 Å². The second-order valence-electron chi connectivity index (χ2n) is 11.4. The molecule has 0 bridgehead atoms. The van der Waals surface area contributed by atoms with Crippen LogP contribution in [0.4, 0.5) is 0 Å². The number of nitriles is 1. The zero-order chi connectivity index (χ0) is 26.5. The standard InChI is InChI=1S/C33H36N2S2/c1-8-32(4,5)23-11-13-25-24-12-10-22(18-26(24)35(21(3)20-34)27(25)19-23)28-14-15-29(36-28)30-16-17-31(37-30)33(6,7)9-2/h10-19,21H,8-9H2,1-7H3. The van der Waals surface area contributed by atoms with E-state index >= 15 is 0 Å². The average Bonchev–Trinajstić information content (AvgIpc) is 3.65. The first kappa shape index (κ1) is 25.8. The zero-order valence-electron chi connectivity index (χ0n) is 23.0. The Morgan fingerprint density at radius 3 is 2.03 bits per heavy atom. The molecule has 0 amide bonds. The summed E-state index contributed by atoms with van der Waals surface area (Å²) < 4.78 is 2.23. The Labute approximate surface area is 229 Å². The van der Waals surface area contributed by atoms with E-state index in [1.54, 1.807) is 0 Å². The molecule has 2 nitrogen and oxygen atoms in total. The highest BCUT2D eigenvalue weighted by Gasteiger charge is 2.23. The van der Waals surface area contributed by atoms with Crippen LogP contribution < -0.4 is 0 Å². The van der Waals surface area contributed by atoms with Gasteiger partial charge in [-0.15, -0.1) is 22.7 Å². The van der Waals surface area contributed by atoms with Crippen molar-refractivity contribution in [3.8, 4) is 26.3 Å². The van der Waals surface area contributed by atoms with Gasteiger partial charge in [0.15, 0.2) is 0 Å². The number of benzene rings is 2. The molecule has 1 unspecified atom stereocenters. The maximum absolute atomic E-state index is 9.93. The van der Waals surface area contributed by atoms with Crippen molar-refractivity contribution >= 4 is 44.5 Å². The number of hydrogen-bond acceptors (Lipinski definition) is 3. The molecule has 5 rings (SSSR count). The maximum Gasteiger partial charge on any atom is 0.118 e. The van der Waals surface area contributed by atoms with Crippen molar-refractivity contribution in [2.45, 2.75) is 78.2 Å². The van der Waals surface area contributed by atoms with Gasteiger partial charge in [0.2, 0.25) is 0 Å². The molecule has 0 aliphatic carbocycles. The fourth-order valence-electron chi connectivity index (χ4n) is 4.93. The minimum atomic E-state index is -0.249. The smallest absolute Gasteiger partial charge is 0.118 e. The summed E-state index contributed by atoms with van der Waals surface area (Å²) in [6, 6.07) is 24.9. The van der Waals surface area contributed by atoms with Crippen molar-refractivity contribution in [2.75, 3.05) is 0 Å². The summed E-state index contributed by atoms with van der Waals surface area (Å²) in [7, 11) is 0. The minimum Gasteiger partial charge on any atom is -0.324 e. The van der Waals surface area contributed by atoms with E-state index < -0.39 is 0 Å². The molecule has 4 heteroatoms. The molecule has 190 valence electrons. The van der Waals surface area contributed by atoms with Gasteiger partial charge in [0, 0.05) is 30.3 Å². The van der Waals surface area contributed by atoms with Crippen LogP contribution in [0.5, 0.6) is 0 Å². The summed E-state index contributed by atoms with van der Waals surface area (Å²) in [5.74, 6) is 0. The normalized spacial score (nSPS) is 13.4. The van der Waals surface area contributed by atoms with Crippen molar-refractivity contribution in [2.24, 2.45) is 0 Å². The molecule has 0 saturated heterocycles. The lowest BCUT2D eigenvalue weighted by Crippen LogP contribution is -2.15. The van der Waals surface area contributed by atoms with Gasteiger partial charge in [0.1, 0.15) is 6.04 Å².